The van der Waals surface area contributed by atoms with Crippen LogP contribution in [0.4, 0.5) is 0 Å². The molecule has 0 amide bonds. The number of hydrogen-bond acceptors (Lipinski definition) is 3. The molecule has 3 nitrogen and oxygen atoms in total. The van der Waals surface area contributed by atoms with Crippen LogP contribution < -0.4 is 4.74 Å². The average Bonchev–Trinajstić information content (AvgIpc) is 2.71. The summed E-state index contributed by atoms with van der Waals surface area (Å²) in [6.07, 6.45) is 1.71. The summed E-state index contributed by atoms with van der Waals surface area (Å²) in [5, 5.41) is 11.6. The highest BCUT2D eigenvalue weighted by molar-refractivity contribution is 5.42. The van der Waals surface area contributed by atoms with E-state index in [1.807, 2.05) is 12.1 Å². The minimum Gasteiger partial charge on any atom is -0.496 e. The van der Waals surface area contributed by atoms with Gasteiger partial charge in [-0.3, -0.25) is 0 Å². The van der Waals surface area contributed by atoms with Crippen molar-refractivity contribution in [3.63, 3.8) is 0 Å². The van der Waals surface area contributed by atoms with Crippen LogP contribution in [0, 0.1) is 24.7 Å². The van der Waals surface area contributed by atoms with Crippen molar-refractivity contribution in [2.75, 3.05) is 7.11 Å². The van der Waals surface area contributed by atoms with Crippen molar-refractivity contribution in [3.05, 3.63) is 64.7 Å². The van der Waals surface area contributed by atoms with Crippen LogP contribution in [0.25, 0.3) is 0 Å². The van der Waals surface area contributed by atoms with Crippen molar-refractivity contribution >= 4 is 0 Å². The molecule has 0 saturated carbocycles. The minimum absolute atomic E-state index is 0.00548. The molecular formula is C25H34O3. The van der Waals surface area contributed by atoms with Gasteiger partial charge >= 0.3 is 0 Å². The minimum atomic E-state index is -1.28. The van der Waals surface area contributed by atoms with Gasteiger partial charge in [0.05, 0.1) is 13.2 Å². The fourth-order valence-electron chi connectivity index (χ4n) is 4.45. The summed E-state index contributed by atoms with van der Waals surface area (Å²) in [5.74, 6) is 0.355. The normalized spacial score (nSPS) is 30.2. The maximum absolute atomic E-state index is 11.6. The van der Waals surface area contributed by atoms with E-state index < -0.39 is 5.79 Å². The molecule has 1 fully saturated rings. The van der Waals surface area contributed by atoms with Gasteiger partial charge in [0, 0.05) is 17.9 Å². The van der Waals surface area contributed by atoms with Crippen molar-refractivity contribution in [3.8, 4) is 5.75 Å². The molecule has 2 aromatic rings. The van der Waals surface area contributed by atoms with E-state index in [0.717, 1.165) is 29.7 Å². The molecule has 1 aliphatic heterocycles. The van der Waals surface area contributed by atoms with E-state index in [2.05, 4.69) is 65.0 Å². The Balaban J connectivity index is 1.98. The molecule has 1 N–H and O–H groups in total. The smallest absolute Gasteiger partial charge is 0.195 e. The first-order valence-corrected chi connectivity index (χ1v) is 10.4. The molecule has 3 rings (SSSR count). The molecule has 152 valence electrons. The largest absolute Gasteiger partial charge is 0.496 e. The van der Waals surface area contributed by atoms with Crippen molar-refractivity contribution < 1.29 is 14.6 Å². The number of methoxy groups -OCH3 is 1. The van der Waals surface area contributed by atoms with E-state index >= 15 is 0 Å². The second-order valence-corrected chi connectivity index (χ2v) is 8.46. The molecule has 1 heterocycles. The first kappa shape index (κ1) is 20.9. The molecule has 3 heteroatoms. The van der Waals surface area contributed by atoms with E-state index in [-0.39, 0.29) is 12.0 Å². The van der Waals surface area contributed by atoms with E-state index in [4.69, 9.17) is 9.47 Å². The third-order valence-corrected chi connectivity index (χ3v) is 6.76. The lowest BCUT2D eigenvalue weighted by Gasteiger charge is -2.49. The summed E-state index contributed by atoms with van der Waals surface area (Å²) in [7, 11) is 1.69. The molecule has 0 bridgehead atoms. The second-order valence-electron chi connectivity index (χ2n) is 8.46. The average molecular weight is 383 g/mol. The van der Waals surface area contributed by atoms with Gasteiger partial charge in [-0.1, -0.05) is 57.5 Å². The summed E-state index contributed by atoms with van der Waals surface area (Å²) in [5.41, 5.74) is 4.35. The van der Waals surface area contributed by atoms with E-state index in [1.54, 1.807) is 7.11 Å². The number of aliphatic hydroxyl groups is 1. The molecule has 1 saturated heterocycles. The number of aryl methyl sites for hydroxylation is 1. The van der Waals surface area contributed by atoms with Gasteiger partial charge in [-0.05, 0) is 54.5 Å². The predicted octanol–water partition coefficient (Wildman–Crippen LogP) is 5.46. The summed E-state index contributed by atoms with van der Waals surface area (Å²) in [6.45, 7) is 10.8. The maximum atomic E-state index is 11.6. The lowest BCUT2D eigenvalue weighted by atomic mass is 9.72. The van der Waals surface area contributed by atoms with Crippen LogP contribution in [0.3, 0.4) is 0 Å². The van der Waals surface area contributed by atoms with Crippen molar-refractivity contribution in [1.82, 2.24) is 0 Å². The van der Waals surface area contributed by atoms with Gasteiger partial charge in [0.15, 0.2) is 5.79 Å². The Kier molecular flexibility index (Phi) is 6.16. The van der Waals surface area contributed by atoms with Crippen LogP contribution in [0.15, 0.2) is 42.5 Å². The zero-order valence-corrected chi connectivity index (χ0v) is 18.0. The SMILES string of the molecule is CC[C@H]1OC(O)(c2ccc(OC)c(Cc3ccc(C)cc3)c2)[C@H](C)[C@@H](C)[C@@H]1C. The third kappa shape index (κ3) is 3.83. The van der Waals surface area contributed by atoms with Gasteiger partial charge in [-0.15, -0.1) is 0 Å². The highest BCUT2D eigenvalue weighted by atomic mass is 16.6. The van der Waals surface area contributed by atoms with E-state index in [1.165, 1.54) is 11.1 Å². The molecule has 0 radical (unpaired) electrons. The first-order chi connectivity index (χ1) is 13.3. The predicted molar refractivity (Wildman–Crippen MR) is 114 cm³/mol. The lowest BCUT2D eigenvalue weighted by Crippen LogP contribution is -2.51. The summed E-state index contributed by atoms with van der Waals surface area (Å²) in [6, 6.07) is 14.5. The molecule has 28 heavy (non-hydrogen) atoms. The first-order valence-electron chi connectivity index (χ1n) is 10.4. The highest BCUT2D eigenvalue weighted by Crippen LogP contribution is 2.47. The second kappa shape index (κ2) is 8.26. The molecule has 0 aromatic heterocycles. The molecule has 2 aromatic carbocycles. The molecule has 0 spiro atoms. The fourth-order valence-corrected chi connectivity index (χ4v) is 4.45. The van der Waals surface area contributed by atoms with Gasteiger partial charge < -0.3 is 14.6 Å². The Bertz CT molecular complexity index is 796. The third-order valence-electron chi connectivity index (χ3n) is 6.76. The van der Waals surface area contributed by atoms with E-state index in [0.29, 0.717) is 11.8 Å². The molecule has 1 unspecified atom stereocenters. The summed E-state index contributed by atoms with van der Waals surface area (Å²) < 4.78 is 11.9. The van der Waals surface area contributed by atoms with Crippen LogP contribution in [0.2, 0.25) is 0 Å². The van der Waals surface area contributed by atoms with Crippen LogP contribution in [-0.2, 0) is 16.9 Å². The number of benzene rings is 2. The monoisotopic (exact) mass is 382 g/mol. The zero-order valence-electron chi connectivity index (χ0n) is 18.0. The van der Waals surface area contributed by atoms with Gasteiger partial charge in [0.2, 0.25) is 0 Å². The molecule has 0 aliphatic carbocycles. The Morgan fingerprint density at radius 1 is 1.04 bits per heavy atom. The standard InChI is InChI=1S/C25H34O3/c1-7-23-18(4)17(3)19(5)25(26,28-23)22-12-13-24(27-6)21(15-22)14-20-10-8-16(2)9-11-20/h8-13,15,17-19,23,26H,7,14H2,1-6H3/t17-,18-,19+,23+,25?/m0/s1. The van der Waals surface area contributed by atoms with Crippen LogP contribution >= 0.6 is 0 Å². The molecular weight excluding hydrogens is 348 g/mol. The van der Waals surface area contributed by atoms with Gasteiger partial charge in [0.25, 0.3) is 0 Å². The summed E-state index contributed by atoms with van der Waals surface area (Å²) >= 11 is 0. The van der Waals surface area contributed by atoms with Crippen molar-refractivity contribution in [1.29, 1.82) is 0 Å². The van der Waals surface area contributed by atoms with Crippen molar-refractivity contribution in [2.45, 2.75) is 59.4 Å². The van der Waals surface area contributed by atoms with Crippen LogP contribution in [0.1, 0.15) is 56.4 Å². The van der Waals surface area contributed by atoms with E-state index in [9.17, 15) is 5.11 Å². The zero-order chi connectivity index (χ0) is 20.5. The number of hydrogen-bond donors (Lipinski definition) is 1. The lowest BCUT2D eigenvalue weighted by molar-refractivity contribution is -0.316. The topological polar surface area (TPSA) is 38.7 Å². The van der Waals surface area contributed by atoms with Gasteiger partial charge in [0.1, 0.15) is 5.75 Å². The molecule has 5 atom stereocenters. The van der Waals surface area contributed by atoms with Crippen LogP contribution in [-0.4, -0.2) is 18.3 Å². The van der Waals surface area contributed by atoms with Crippen LogP contribution in [0.5, 0.6) is 5.75 Å². The van der Waals surface area contributed by atoms with Gasteiger partial charge in [-0.25, -0.2) is 0 Å². The number of rotatable bonds is 5. The van der Waals surface area contributed by atoms with Crippen molar-refractivity contribution in [2.24, 2.45) is 17.8 Å². The Morgan fingerprint density at radius 2 is 1.71 bits per heavy atom. The Hall–Kier alpha value is -1.84. The number of ether oxygens (including phenoxy) is 2. The highest BCUT2D eigenvalue weighted by Gasteiger charge is 2.49. The fraction of sp³-hybridized carbons (Fsp3) is 0.520. The summed E-state index contributed by atoms with van der Waals surface area (Å²) in [4.78, 5) is 0. The maximum Gasteiger partial charge on any atom is 0.195 e. The van der Waals surface area contributed by atoms with Gasteiger partial charge in [-0.2, -0.15) is 0 Å². The quantitative estimate of drug-likeness (QED) is 0.746. The molecule has 1 aliphatic rings. The Labute approximate surface area is 169 Å². The Morgan fingerprint density at radius 3 is 2.32 bits per heavy atom.